The molecule has 2 heterocycles. The summed E-state index contributed by atoms with van der Waals surface area (Å²) >= 11 is 0. The molecule has 0 aromatic heterocycles. The zero-order chi connectivity index (χ0) is 26.1. The first-order valence-electron chi connectivity index (χ1n) is 14.5. The van der Waals surface area contributed by atoms with E-state index >= 15 is 0 Å². The number of benzene rings is 2. The van der Waals surface area contributed by atoms with Crippen LogP contribution >= 0.6 is 0 Å². The van der Waals surface area contributed by atoms with E-state index in [0.717, 1.165) is 36.5 Å². The van der Waals surface area contributed by atoms with Crippen LogP contribution in [-0.2, 0) is 9.47 Å². The highest BCUT2D eigenvalue weighted by molar-refractivity contribution is 5.68. The standard InChI is InChI=1S/C34H42O4/c1-23-18-27(10-17-33(23)38-22-32-21-37-32)26-6-13-29(14-7-26)34(2,3)28-11-4-24(5-12-28)25-8-15-30(16-9-25)35-19-31-20-36-31/h4,6,8-10,15-18,28-29,31-32H,5,7,11-14,19-22H2,1-3H3. The Bertz CT molecular complexity index is 1180. The lowest BCUT2D eigenvalue weighted by Crippen LogP contribution is -2.34. The molecule has 202 valence electrons. The normalized spacial score (nSPS) is 26.8. The number of hydrogen-bond acceptors (Lipinski definition) is 4. The Hall–Kier alpha value is -2.56. The molecule has 6 rings (SSSR count). The van der Waals surface area contributed by atoms with Crippen LogP contribution in [0.1, 0.15) is 69.1 Å². The lowest BCUT2D eigenvalue weighted by atomic mass is 9.61. The highest BCUT2D eigenvalue weighted by atomic mass is 16.6. The van der Waals surface area contributed by atoms with E-state index in [9.17, 15) is 0 Å². The van der Waals surface area contributed by atoms with Gasteiger partial charge in [0, 0.05) is 0 Å². The number of epoxide rings is 2. The molecule has 2 saturated heterocycles. The van der Waals surface area contributed by atoms with E-state index in [1.807, 2.05) is 0 Å². The van der Waals surface area contributed by atoms with E-state index < -0.39 is 0 Å². The molecular weight excluding hydrogens is 472 g/mol. The molecule has 0 spiro atoms. The van der Waals surface area contributed by atoms with Crippen molar-refractivity contribution in [3.05, 3.63) is 71.3 Å². The van der Waals surface area contributed by atoms with E-state index in [-0.39, 0.29) is 0 Å². The van der Waals surface area contributed by atoms with Crippen LogP contribution in [0.5, 0.6) is 11.5 Å². The average Bonchev–Trinajstić information content (AvgIpc) is 3.87. The topological polar surface area (TPSA) is 43.5 Å². The fourth-order valence-corrected chi connectivity index (χ4v) is 6.35. The molecule has 2 aliphatic carbocycles. The zero-order valence-corrected chi connectivity index (χ0v) is 23.2. The second-order valence-electron chi connectivity index (χ2n) is 12.3. The maximum atomic E-state index is 5.93. The van der Waals surface area contributed by atoms with Gasteiger partial charge in [-0.05, 0) is 115 Å². The van der Waals surface area contributed by atoms with Gasteiger partial charge in [0.05, 0.1) is 13.2 Å². The van der Waals surface area contributed by atoms with Crippen molar-refractivity contribution in [2.24, 2.45) is 17.3 Å². The van der Waals surface area contributed by atoms with Crippen molar-refractivity contribution in [2.75, 3.05) is 26.4 Å². The van der Waals surface area contributed by atoms with Gasteiger partial charge in [-0.3, -0.25) is 0 Å². The quantitative estimate of drug-likeness (QED) is 0.306. The van der Waals surface area contributed by atoms with Crippen molar-refractivity contribution in [3.63, 3.8) is 0 Å². The van der Waals surface area contributed by atoms with E-state index in [2.05, 4.69) is 75.4 Å². The Kier molecular flexibility index (Phi) is 7.37. The van der Waals surface area contributed by atoms with Gasteiger partial charge < -0.3 is 18.9 Å². The lowest BCUT2D eigenvalue weighted by Gasteiger charge is -2.44. The van der Waals surface area contributed by atoms with Crippen LogP contribution < -0.4 is 9.47 Å². The molecule has 0 bridgehead atoms. The van der Waals surface area contributed by atoms with Crippen molar-refractivity contribution in [3.8, 4) is 11.5 Å². The van der Waals surface area contributed by atoms with Crippen LogP contribution in [0.2, 0.25) is 0 Å². The predicted octanol–water partition coefficient (Wildman–Crippen LogP) is 7.64. The van der Waals surface area contributed by atoms with E-state index in [4.69, 9.17) is 18.9 Å². The Morgan fingerprint density at radius 1 is 0.763 bits per heavy atom. The molecule has 2 aliphatic heterocycles. The summed E-state index contributed by atoms with van der Waals surface area (Å²) in [5.41, 5.74) is 7.25. The van der Waals surface area contributed by atoms with E-state index in [0.29, 0.717) is 30.8 Å². The summed E-state index contributed by atoms with van der Waals surface area (Å²) in [4.78, 5) is 0. The van der Waals surface area contributed by atoms with Crippen LogP contribution in [0.3, 0.4) is 0 Å². The van der Waals surface area contributed by atoms with Crippen molar-refractivity contribution >= 4 is 11.1 Å². The van der Waals surface area contributed by atoms with Gasteiger partial charge in [0.1, 0.15) is 36.9 Å². The number of ether oxygens (including phenoxy) is 4. The number of aryl methyl sites for hydroxylation is 1. The Morgan fingerprint density at radius 3 is 1.84 bits per heavy atom. The average molecular weight is 515 g/mol. The third-order valence-corrected chi connectivity index (χ3v) is 9.36. The van der Waals surface area contributed by atoms with Gasteiger partial charge in [0.25, 0.3) is 0 Å². The number of hydrogen-bond donors (Lipinski definition) is 0. The molecule has 38 heavy (non-hydrogen) atoms. The maximum absolute atomic E-state index is 5.93. The second kappa shape index (κ2) is 10.9. The first-order valence-corrected chi connectivity index (χ1v) is 14.5. The van der Waals surface area contributed by atoms with Crippen LogP contribution in [-0.4, -0.2) is 38.6 Å². The third-order valence-electron chi connectivity index (χ3n) is 9.36. The summed E-state index contributed by atoms with van der Waals surface area (Å²) in [6.45, 7) is 10.2. The molecule has 2 aromatic rings. The van der Waals surface area contributed by atoms with Crippen LogP contribution in [0.25, 0.3) is 11.1 Å². The molecular formula is C34H42O4. The smallest absolute Gasteiger partial charge is 0.122 e. The molecule has 0 radical (unpaired) electrons. The fraction of sp³-hybridized carbons (Fsp3) is 0.529. The molecule has 4 unspecified atom stereocenters. The second-order valence-corrected chi connectivity index (χ2v) is 12.3. The Labute approximate surface area is 228 Å². The lowest BCUT2D eigenvalue weighted by molar-refractivity contribution is 0.0991. The Morgan fingerprint density at radius 2 is 1.32 bits per heavy atom. The van der Waals surface area contributed by atoms with E-state index in [1.165, 1.54) is 66.4 Å². The number of rotatable bonds is 10. The maximum Gasteiger partial charge on any atom is 0.122 e. The highest BCUT2D eigenvalue weighted by Gasteiger charge is 2.38. The Balaban J connectivity index is 1.04. The molecule has 2 aromatic carbocycles. The van der Waals surface area contributed by atoms with Crippen LogP contribution in [0, 0.1) is 24.2 Å². The number of allylic oxidation sites excluding steroid dienone is 4. The molecule has 2 fully saturated rings. The predicted molar refractivity (Wildman–Crippen MR) is 153 cm³/mol. The summed E-state index contributed by atoms with van der Waals surface area (Å²) in [6, 6.07) is 15.3. The van der Waals surface area contributed by atoms with Crippen LogP contribution in [0.4, 0.5) is 0 Å². The van der Waals surface area contributed by atoms with Gasteiger partial charge in [-0.1, -0.05) is 44.2 Å². The summed E-state index contributed by atoms with van der Waals surface area (Å²) in [6.07, 6.45) is 12.9. The monoisotopic (exact) mass is 514 g/mol. The fourth-order valence-electron chi connectivity index (χ4n) is 6.35. The largest absolute Gasteiger partial charge is 0.491 e. The molecule has 4 atom stereocenters. The van der Waals surface area contributed by atoms with Gasteiger partial charge in [0.2, 0.25) is 0 Å². The summed E-state index contributed by atoms with van der Waals surface area (Å²) in [7, 11) is 0. The first kappa shape index (κ1) is 25.7. The van der Waals surface area contributed by atoms with Gasteiger partial charge in [-0.25, -0.2) is 0 Å². The molecule has 4 heteroatoms. The molecule has 4 nitrogen and oxygen atoms in total. The van der Waals surface area contributed by atoms with Crippen molar-refractivity contribution in [1.29, 1.82) is 0 Å². The van der Waals surface area contributed by atoms with Gasteiger partial charge in [-0.2, -0.15) is 0 Å². The molecule has 4 aliphatic rings. The SMILES string of the molecule is Cc1cc(C2=CCC(C(C)(C)C3CC=C(c4ccc(OCC5CO5)cc4)CC3)CC2)ccc1OCC1CO1. The minimum absolute atomic E-state index is 0.292. The minimum Gasteiger partial charge on any atom is -0.491 e. The summed E-state index contributed by atoms with van der Waals surface area (Å²) < 4.78 is 22.2. The van der Waals surface area contributed by atoms with Crippen molar-refractivity contribution < 1.29 is 18.9 Å². The summed E-state index contributed by atoms with van der Waals surface area (Å²) in [5.74, 6) is 3.40. The van der Waals surface area contributed by atoms with E-state index in [1.54, 1.807) is 0 Å². The first-order chi connectivity index (χ1) is 18.5. The van der Waals surface area contributed by atoms with Gasteiger partial charge in [-0.15, -0.1) is 0 Å². The summed E-state index contributed by atoms with van der Waals surface area (Å²) in [5, 5.41) is 0. The van der Waals surface area contributed by atoms with Gasteiger partial charge >= 0.3 is 0 Å². The van der Waals surface area contributed by atoms with Crippen molar-refractivity contribution in [2.45, 2.75) is 71.5 Å². The molecule has 0 saturated carbocycles. The highest BCUT2D eigenvalue weighted by Crippen LogP contribution is 2.49. The minimum atomic E-state index is 0.292. The third kappa shape index (κ3) is 6.02. The van der Waals surface area contributed by atoms with Crippen molar-refractivity contribution in [1.82, 2.24) is 0 Å². The molecule has 0 N–H and O–H groups in total. The van der Waals surface area contributed by atoms with Gasteiger partial charge in [0.15, 0.2) is 0 Å². The van der Waals surface area contributed by atoms with Crippen LogP contribution in [0.15, 0.2) is 54.6 Å². The molecule has 0 amide bonds. The zero-order valence-electron chi connectivity index (χ0n) is 23.2.